The van der Waals surface area contributed by atoms with Crippen LogP contribution < -0.4 is 5.32 Å². The fraction of sp³-hybridized carbons (Fsp3) is 0.979. The first kappa shape index (κ1) is 74.5. The topological polar surface area (TPSA) is 195 Å². The minimum atomic E-state index is -2.83. The highest BCUT2D eigenvalue weighted by atomic mass is 28.4. The van der Waals surface area contributed by atoms with Crippen LogP contribution in [0.4, 0.5) is 0 Å². The van der Waals surface area contributed by atoms with E-state index in [-0.39, 0.29) is 5.91 Å². The van der Waals surface area contributed by atoms with Crippen molar-refractivity contribution in [3.8, 4) is 0 Å². The number of rotatable bonds is 50. The van der Waals surface area contributed by atoms with E-state index in [9.17, 15) is 4.79 Å². The van der Waals surface area contributed by atoms with Gasteiger partial charge in [0.2, 0.25) is 5.91 Å². The zero-order valence-corrected chi connectivity index (χ0v) is 59.2. The summed E-state index contributed by atoms with van der Waals surface area (Å²) in [5.74, 6) is 1.34. The summed E-state index contributed by atoms with van der Waals surface area (Å²) in [6, 6.07) is 13.3. The first-order chi connectivity index (χ1) is 36.3. The van der Waals surface area contributed by atoms with Gasteiger partial charge in [-0.1, -0.05) is 99.7 Å². The lowest BCUT2D eigenvalue weighted by atomic mass is 9.93. The molecule has 1 rings (SSSR count). The summed E-state index contributed by atoms with van der Waals surface area (Å²) < 4.78 is 107. The van der Waals surface area contributed by atoms with E-state index < -0.39 is 69.0 Å². The Morgan fingerprint density at radius 3 is 0.737 bits per heavy atom. The van der Waals surface area contributed by atoms with Crippen molar-refractivity contribution in [2.75, 3.05) is 135 Å². The molecule has 1 N–H and O–H groups in total. The Morgan fingerprint density at radius 1 is 0.316 bits per heavy atom. The molecular weight excluding hydrogens is 1120 g/mol. The van der Waals surface area contributed by atoms with Gasteiger partial charge >= 0.3 is 52.8 Å². The van der Waals surface area contributed by atoms with Crippen molar-refractivity contribution in [2.24, 2.45) is 17.8 Å². The molecule has 0 spiro atoms. The third-order valence-electron chi connectivity index (χ3n) is 17.4. The first-order valence-corrected chi connectivity index (χ1v) is 44.7. The van der Waals surface area contributed by atoms with Crippen molar-refractivity contribution in [2.45, 2.75) is 156 Å². The number of hydrogen-bond donors (Lipinski definition) is 1. The molecule has 1 aliphatic rings. The zero-order valence-electron chi connectivity index (χ0n) is 51.2. The van der Waals surface area contributed by atoms with E-state index in [4.69, 9.17) is 79.7 Å². The summed E-state index contributed by atoms with van der Waals surface area (Å²) >= 11 is 0. The molecule has 0 bridgehead atoms. The van der Waals surface area contributed by atoms with Gasteiger partial charge in [-0.2, -0.15) is 0 Å². The van der Waals surface area contributed by atoms with Crippen LogP contribution in [0.25, 0.3) is 0 Å². The maximum atomic E-state index is 12.6. The summed E-state index contributed by atoms with van der Waals surface area (Å²) in [6.45, 7) is 2.31. The predicted molar refractivity (Wildman–Crippen MR) is 315 cm³/mol. The lowest BCUT2D eigenvalue weighted by Gasteiger charge is -2.36. The van der Waals surface area contributed by atoms with E-state index in [1.54, 1.807) is 135 Å². The standard InChI is InChI=1S/C48H111NO19Si8/c1-45(50)49-44-48-43-46(26-40-69(28-20-34-71(51-2,52-3)53-4,29-21-35-72(54-5,55-6)56-7)30-22-36-73(57-8,58-9)59-10)42-47(48)27-41-70(31-23-37-74(60-11,61-12)62-13,32-24-38-75(63-14,64-15)65-16)33-25-39-76(66-17,67-18)68-19/h46-48H,20-44H2,1-19H3,(H,49,50). The van der Waals surface area contributed by atoms with Crippen LogP contribution in [0.5, 0.6) is 0 Å². The molecule has 1 aliphatic carbocycles. The van der Waals surface area contributed by atoms with E-state index in [0.717, 1.165) is 143 Å². The molecule has 454 valence electrons. The zero-order chi connectivity index (χ0) is 57.4. The Hall–Kier alpha value is 0.485. The van der Waals surface area contributed by atoms with Crippen molar-refractivity contribution < 1.29 is 84.5 Å². The summed E-state index contributed by atoms with van der Waals surface area (Å²) in [4.78, 5) is 12.6. The van der Waals surface area contributed by atoms with Gasteiger partial charge in [-0.15, -0.1) is 0 Å². The first-order valence-electron chi connectivity index (χ1n) is 27.5. The SMILES string of the molecule is CO[Si](CCC[Si](CCC[Si](OC)(OC)OC)(CCC[Si](OC)(OC)OC)CCC1CC(CC[Si](CCC[Si](OC)(OC)OC)(CCC[Si](OC)(OC)OC)CCC[Si](OC)(OC)OC)C(CNC(C)=O)C1)(OC)OC. The normalized spacial score (nSPS) is 17.5. The van der Waals surface area contributed by atoms with Crippen LogP contribution in [0.1, 0.15) is 71.1 Å². The molecule has 3 atom stereocenters. The minimum Gasteiger partial charge on any atom is -0.377 e. The summed E-state index contributed by atoms with van der Waals surface area (Å²) in [5, 5.41) is 3.27. The number of carbonyl (C=O) groups is 1. The van der Waals surface area contributed by atoms with Crippen molar-refractivity contribution in [3.05, 3.63) is 0 Å². The van der Waals surface area contributed by atoms with Crippen LogP contribution in [0, 0.1) is 17.8 Å². The van der Waals surface area contributed by atoms with Crippen LogP contribution in [0.15, 0.2) is 0 Å². The molecule has 0 saturated heterocycles. The molecule has 0 heterocycles. The molecule has 1 fully saturated rings. The van der Waals surface area contributed by atoms with Gasteiger partial charge in [-0.05, 0) is 30.6 Å². The minimum absolute atomic E-state index is 0.0111. The van der Waals surface area contributed by atoms with Gasteiger partial charge in [0.25, 0.3) is 0 Å². The van der Waals surface area contributed by atoms with Gasteiger partial charge in [-0.3, -0.25) is 4.79 Å². The molecule has 1 saturated carbocycles. The van der Waals surface area contributed by atoms with Crippen LogP contribution in [0.3, 0.4) is 0 Å². The Morgan fingerprint density at radius 2 is 0.526 bits per heavy atom. The Bertz CT molecular complexity index is 1320. The molecule has 0 aromatic rings. The molecule has 0 aromatic heterocycles. The van der Waals surface area contributed by atoms with E-state index in [0.29, 0.717) is 24.3 Å². The molecule has 20 nitrogen and oxygen atoms in total. The second-order valence-corrected chi connectivity index (χ2v) is 49.3. The number of amides is 1. The maximum Gasteiger partial charge on any atom is 0.500 e. The molecular formula is C48H111NO19Si8. The smallest absolute Gasteiger partial charge is 0.377 e. The Labute approximate surface area is 470 Å². The van der Waals surface area contributed by atoms with Gasteiger partial charge in [0, 0.05) is 178 Å². The molecule has 3 unspecified atom stereocenters. The molecule has 28 heteroatoms. The molecule has 1 amide bonds. The van der Waals surface area contributed by atoms with Crippen LogP contribution in [-0.4, -0.2) is 209 Å². The number of nitrogens with one attached hydrogen (secondary N) is 1. The number of hydrogen-bond acceptors (Lipinski definition) is 19. The largest absolute Gasteiger partial charge is 0.500 e. The van der Waals surface area contributed by atoms with E-state index in [2.05, 4.69) is 5.32 Å². The average Bonchev–Trinajstić information content (AvgIpc) is 3.86. The summed E-state index contributed by atoms with van der Waals surface area (Å²) in [6.07, 6.45) is 10.0. The van der Waals surface area contributed by atoms with Crippen molar-refractivity contribution in [1.82, 2.24) is 5.32 Å². The maximum absolute atomic E-state index is 12.6. The lowest BCUT2D eigenvalue weighted by Crippen LogP contribution is -2.45. The molecule has 0 radical (unpaired) electrons. The second-order valence-electron chi connectivity index (χ2n) is 20.8. The van der Waals surface area contributed by atoms with Crippen LogP contribution >= 0.6 is 0 Å². The van der Waals surface area contributed by atoms with E-state index >= 15 is 0 Å². The average molecular weight is 1230 g/mol. The van der Waals surface area contributed by atoms with Gasteiger partial charge < -0.3 is 85.0 Å². The lowest BCUT2D eigenvalue weighted by molar-refractivity contribution is -0.119. The second kappa shape index (κ2) is 38.4. The Kier molecular flexibility index (Phi) is 37.6. The molecule has 0 aromatic carbocycles. The molecule has 76 heavy (non-hydrogen) atoms. The van der Waals surface area contributed by atoms with Crippen molar-refractivity contribution in [1.29, 1.82) is 0 Å². The monoisotopic (exact) mass is 1230 g/mol. The van der Waals surface area contributed by atoms with Crippen LogP contribution in [0.2, 0.25) is 84.6 Å². The summed E-state index contributed by atoms with van der Waals surface area (Å²) in [5.41, 5.74) is 0. The highest BCUT2D eigenvalue weighted by Crippen LogP contribution is 2.47. The fourth-order valence-corrected chi connectivity index (χ4v) is 35.4. The summed E-state index contributed by atoms with van der Waals surface area (Å²) in [7, 11) is 9.30. The fourth-order valence-electron chi connectivity index (χ4n) is 12.4. The van der Waals surface area contributed by atoms with Gasteiger partial charge in [-0.25, -0.2) is 0 Å². The van der Waals surface area contributed by atoms with Gasteiger partial charge in [0.05, 0.1) is 16.1 Å². The Balaban J connectivity index is 3.89. The van der Waals surface area contributed by atoms with Crippen LogP contribution in [-0.2, 0) is 84.5 Å². The van der Waals surface area contributed by atoms with Gasteiger partial charge in [0.15, 0.2) is 0 Å². The number of carbonyl (C=O) groups excluding carboxylic acids is 1. The van der Waals surface area contributed by atoms with E-state index in [1.807, 2.05) is 0 Å². The predicted octanol–water partition coefficient (Wildman–Crippen LogP) is 9.05. The van der Waals surface area contributed by atoms with E-state index in [1.165, 1.54) is 6.04 Å². The van der Waals surface area contributed by atoms with Gasteiger partial charge in [0.1, 0.15) is 0 Å². The highest BCUT2D eigenvalue weighted by molar-refractivity contribution is 6.81. The van der Waals surface area contributed by atoms with Crippen molar-refractivity contribution >= 4 is 74.9 Å². The quantitative estimate of drug-likeness (QED) is 0.0566. The molecule has 0 aliphatic heterocycles. The third kappa shape index (κ3) is 23.3. The highest BCUT2D eigenvalue weighted by Gasteiger charge is 2.47. The van der Waals surface area contributed by atoms with Crippen molar-refractivity contribution in [3.63, 3.8) is 0 Å². The third-order valence-corrected chi connectivity index (χ3v) is 45.6.